The summed E-state index contributed by atoms with van der Waals surface area (Å²) in [6, 6.07) is 0. The first kappa shape index (κ1) is 23.9. The summed E-state index contributed by atoms with van der Waals surface area (Å²) in [5.41, 5.74) is 0. The van der Waals surface area contributed by atoms with Gasteiger partial charge in [0.1, 0.15) is 0 Å². The maximum Gasteiger partial charge on any atom is 0.264 e. The maximum absolute atomic E-state index is 10.8. The Labute approximate surface area is 152 Å². The predicted octanol–water partition coefficient (Wildman–Crippen LogP) is 6.47. The van der Waals surface area contributed by atoms with Crippen molar-refractivity contribution >= 4 is 10.1 Å². The number of hydrogen-bond acceptors (Lipinski definition) is 3. The molecule has 0 unspecified atom stereocenters. The Bertz CT molecular complexity index is 352. The lowest BCUT2D eigenvalue weighted by molar-refractivity contribution is 0.308. The second-order valence-electron chi connectivity index (χ2n) is 7.45. The molecule has 0 fully saturated rings. The monoisotopic (exact) mass is 362 g/mol. The van der Waals surface area contributed by atoms with E-state index in [0.717, 1.165) is 25.0 Å². The molecule has 0 rings (SSSR count). The van der Waals surface area contributed by atoms with E-state index in [2.05, 4.69) is 13.8 Å². The van der Waals surface area contributed by atoms with Crippen LogP contribution in [0.5, 0.6) is 0 Å². The van der Waals surface area contributed by atoms with Gasteiger partial charge in [-0.1, -0.05) is 104 Å². The minimum absolute atomic E-state index is 0.340. The molecule has 0 N–H and O–H groups in total. The van der Waals surface area contributed by atoms with Crippen LogP contribution < -0.4 is 0 Å². The fourth-order valence-corrected chi connectivity index (χ4v) is 3.53. The van der Waals surface area contributed by atoms with E-state index in [1.165, 1.54) is 83.5 Å². The van der Waals surface area contributed by atoms with Crippen LogP contribution in [0.4, 0.5) is 0 Å². The molecule has 0 saturated carbocycles. The summed E-state index contributed by atoms with van der Waals surface area (Å²) >= 11 is 0. The molecule has 0 amide bonds. The molecule has 0 bridgehead atoms. The number of hydrogen-bond donors (Lipinski definition) is 0. The van der Waals surface area contributed by atoms with Gasteiger partial charge in [-0.25, -0.2) is 0 Å². The van der Waals surface area contributed by atoms with Gasteiger partial charge in [-0.15, -0.1) is 0 Å². The number of unbranched alkanes of at least 4 members (excludes halogenated alkanes) is 11. The second kappa shape index (κ2) is 16.4. The lowest BCUT2D eigenvalue weighted by atomic mass is 9.96. The van der Waals surface area contributed by atoms with Gasteiger partial charge < -0.3 is 0 Å². The Morgan fingerprint density at radius 2 is 1.12 bits per heavy atom. The summed E-state index contributed by atoms with van der Waals surface area (Å²) in [5, 5.41) is 0. The molecule has 0 aliphatic rings. The van der Waals surface area contributed by atoms with E-state index in [0.29, 0.717) is 6.61 Å². The molecule has 0 aromatic rings. The minimum atomic E-state index is -3.25. The summed E-state index contributed by atoms with van der Waals surface area (Å²) in [4.78, 5) is 0. The van der Waals surface area contributed by atoms with Crippen molar-refractivity contribution in [2.24, 2.45) is 5.92 Å². The zero-order valence-electron chi connectivity index (χ0n) is 16.5. The Morgan fingerprint density at radius 3 is 1.58 bits per heavy atom. The lowest BCUT2D eigenvalue weighted by Gasteiger charge is -2.11. The Kier molecular flexibility index (Phi) is 16.3. The summed E-state index contributed by atoms with van der Waals surface area (Å²) in [7, 11) is -3.25. The number of rotatable bonds is 18. The molecule has 146 valence electrons. The van der Waals surface area contributed by atoms with E-state index in [1.54, 1.807) is 0 Å². The molecule has 0 aromatic carbocycles. The molecule has 0 aliphatic heterocycles. The normalized spacial score (nSPS) is 13.3. The molecule has 1 atom stereocenters. The average molecular weight is 363 g/mol. The molecule has 0 aliphatic carbocycles. The van der Waals surface area contributed by atoms with Crippen LogP contribution in [-0.2, 0) is 14.3 Å². The topological polar surface area (TPSA) is 43.4 Å². The third-order valence-corrected chi connectivity index (χ3v) is 5.28. The van der Waals surface area contributed by atoms with Gasteiger partial charge in [0.25, 0.3) is 10.1 Å². The van der Waals surface area contributed by atoms with Crippen molar-refractivity contribution in [1.82, 2.24) is 0 Å². The molecule has 0 heterocycles. The third-order valence-electron chi connectivity index (χ3n) is 4.69. The third kappa shape index (κ3) is 20.0. The van der Waals surface area contributed by atoms with Crippen molar-refractivity contribution in [2.45, 2.75) is 110 Å². The van der Waals surface area contributed by atoms with E-state index < -0.39 is 10.1 Å². The summed E-state index contributed by atoms with van der Waals surface area (Å²) in [6.07, 6.45) is 20.8. The lowest BCUT2D eigenvalue weighted by Crippen LogP contribution is -2.04. The molecule has 0 spiro atoms. The first-order valence-electron chi connectivity index (χ1n) is 10.3. The van der Waals surface area contributed by atoms with Gasteiger partial charge in [-0.3, -0.25) is 4.18 Å². The molecule has 0 saturated heterocycles. The zero-order valence-corrected chi connectivity index (χ0v) is 17.3. The standard InChI is InChI=1S/C20H42O3S/c1-4-5-6-7-8-9-10-11-14-17-20(2)18-15-12-13-16-19-23-24(3,21)22/h20H,4-19H2,1-3H3/t20-/m0/s1. The van der Waals surface area contributed by atoms with Crippen LogP contribution in [0.2, 0.25) is 0 Å². The quantitative estimate of drug-likeness (QED) is 0.207. The maximum atomic E-state index is 10.8. The van der Waals surface area contributed by atoms with Crippen LogP contribution in [-0.4, -0.2) is 21.3 Å². The highest BCUT2D eigenvalue weighted by Gasteiger charge is 2.03. The molecular formula is C20H42O3S. The summed E-state index contributed by atoms with van der Waals surface area (Å²) in [5.74, 6) is 0.835. The summed E-state index contributed by atoms with van der Waals surface area (Å²) < 4.78 is 26.4. The first-order valence-corrected chi connectivity index (χ1v) is 12.1. The Morgan fingerprint density at radius 1 is 0.708 bits per heavy atom. The highest BCUT2D eigenvalue weighted by Crippen LogP contribution is 2.18. The van der Waals surface area contributed by atoms with Crippen LogP contribution in [0.1, 0.15) is 110 Å². The van der Waals surface area contributed by atoms with Gasteiger partial charge >= 0.3 is 0 Å². The Balaban J connectivity index is 3.22. The molecule has 3 nitrogen and oxygen atoms in total. The molecule has 24 heavy (non-hydrogen) atoms. The van der Waals surface area contributed by atoms with Gasteiger partial charge in [0, 0.05) is 0 Å². The van der Waals surface area contributed by atoms with Crippen molar-refractivity contribution in [3.8, 4) is 0 Å². The van der Waals surface area contributed by atoms with Crippen LogP contribution in [0, 0.1) is 5.92 Å². The largest absolute Gasteiger partial charge is 0.270 e. The molecule has 0 radical (unpaired) electrons. The van der Waals surface area contributed by atoms with E-state index in [4.69, 9.17) is 4.18 Å². The van der Waals surface area contributed by atoms with Crippen LogP contribution in [0.25, 0.3) is 0 Å². The van der Waals surface area contributed by atoms with Gasteiger partial charge in [0.05, 0.1) is 12.9 Å². The highest BCUT2D eigenvalue weighted by atomic mass is 32.2. The van der Waals surface area contributed by atoms with Crippen molar-refractivity contribution in [3.63, 3.8) is 0 Å². The van der Waals surface area contributed by atoms with E-state index in [9.17, 15) is 8.42 Å². The van der Waals surface area contributed by atoms with Gasteiger partial charge in [0.2, 0.25) is 0 Å². The summed E-state index contributed by atoms with van der Waals surface area (Å²) in [6.45, 7) is 4.99. The van der Waals surface area contributed by atoms with E-state index in [1.807, 2.05) is 0 Å². The molecule has 0 aromatic heterocycles. The van der Waals surface area contributed by atoms with Gasteiger partial charge in [-0.05, 0) is 12.3 Å². The van der Waals surface area contributed by atoms with Gasteiger partial charge in [-0.2, -0.15) is 8.42 Å². The van der Waals surface area contributed by atoms with E-state index >= 15 is 0 Å². The first-order chi connectivity index (χ1) is 11.5. The van der Waals surface area contributed by atoms with Crippen molar-refractivity contribution < 1.29 is 12.6 Å². The van der Waals surface area contributed by atoms with Crippen LogP contribution >= 0.6 is 0 Å². The zero-order chi connectivity index (χ0) is 18.1. The second-order valence-corrected chi connectivity index (χ2v) is 9.10. The SMILES string of the molecule is CCCCCCCCCCC[C@H](C)CCCCCCOS(C)(=O)=O. The van der Waals surface area contributed by atoms with Crippen molar-refractivity contribution in [1.29, 1.82) is 0 Å². The fourth-order valence-electron chi connectivity index (χ4n) is 3.11. The molecule has 4 heteroatoms. The average Bonchev–Trinajstić information content (AvgIpc) is 2.51. The van der Waals surface area contributed by atoms with Crippen molar-refractivity contribution in [3.05, 3.63) is 0 Å². The van der Waals surface area contributed by atoms with Crippen LogP contribution in [0.15, 0.2) is 0 Å². The fraction of sp³-hybridized carbons (Fsp3) is 1.00. The van der Waals surface area contributed by atoms with Crippen molar-refractivity contribution in [2.75, 3.05) is 12.9 Å². The molecular weight excluding hydrogens is 320 g/mol. The van der Waals surface area contributed by atoms with Crippen LogP contribution in [0.3, 0.4) is 0 Å². The smallest absolute Gasteiger partial charge is 0.264 e. The van der Waals surface area contributed by atoms with E-state index in [-0.39, 0.29) is 0 Å². The predicted molar refractivity (Wildman–Crippen MR) is 105 cm³/mol. The van der Waals surface area contributed by atoms with Gasteiger partial charge in [0.15, 0.2) is 0 Å². The Hall–Kier alpha value is -0.0900. The highest BCUT2D eigenvalue weighted by molar-refractivity contribution is 7.85. The minimum Gasteiger partial charge on any atom is -0.270 e.